The molecule has 0 amide bonds. The standard InChI is InChI=1S/C24H17ClF3N3OS/c25-18-4-3-5-19(14-18)32-15-16-8-10-17(11-9-16)22-23(30-13-12-29-22)31-33-21-7-2-1-6-20(21)24(26,27)28/h1-14H,15H2,(H,30,31). The maximum absolute atomic E-state index is 13.3. The number of ether oxygens (including phenoxy) is 1. The molecule has 0 aliphatic heterocycles. The molecule has 0 saturated carbocycles. The van der Waals surface area contributed by atoms with Gasteiger partial charge in [0.15, 0.2) is 5.82 Å². The molecule has 4 rings (SSSR count). The van der Waals surface area contributed by atoms with Crippen LogP contribution in [-0.4, -0.2) is 9.97 Å². The van der Waals surface area contributed by atoms with E-state index in [1.54, 1.807) is 18.2 Å². The summed E-state index contributed by atoms with van der Waals surface area (Å²) in [7, 11) is 0. The quantitative estimate of drug-likeness (QED) is 0.273. The fourth-order valence-electron chi connectivity index (χ4n) is 3.00. The number of nitrogens with one attached hydrogen (secondary N) is 1. The van der Waals surface area contributed by atoms with E-state index < -0.39 is 11.7 Å². The van der Waals surface area contributed by atoms with E-state index in [0.717, 1.165) is 29.1 Å². The molecule has 0 bridgehead atoms. The summed E-state index contributed by atoms with van der Waals surface area (Å²) in [6.45, 7) is 0.357. The average Bonchev–Trinajstić information content (AvgIpc) is 2.82. The van der Waals surface area contributed by atoms with Crippen molar-refractivity contribution in [1.82, 2.24) is 9.97 Å². The van der Waals surface area contributed by atoms with Gasteiger partial charge in [-0.15, -0.1) is 0 Å². The van der Waals surface area contributed by atoms with Gasteiger partial charge in [0.25, 0.3) is 0 Å². The first-order valence-corrected chi connectivity index (χ1v) is 11.0. The average molecular weight is 488 g/mol. The van der Waals surface area contributed by atoms with Crippen LogP contribution in [0, 0.1) is 0 Å². The first kappa shape index (κ1) is 22.9. The Morgan fingerprint density at radius 3 is 2.42 bits per heavy atom. The summed E-state index contributed by atoms with van der Waals surface area (Å²) in [4.78, 5) is 8.67. The number of aromatic nitrogens is 2. The zero-order chi connectivity index (χ0) is 23.3. The Balaban J connectivity index is 1.47. The number of halogens is 4. The molecule has 33 heavy (non-hydrogen) atoms. The Morgan fingerprint density at radius 2 is 1.67 bits per heavy atom. The maximum Gasteiger partial charge on any atom is 0.417 e. The third kappa shape index (κ3) is 5.97. The summed E-state index contributed by atoms with van der Waals surface area (Å²) in [6, 6.07) is 20.0. The van der Waals surface area contributed by atoms with Gasteiger partial charge in [-0.3, -0.25) is 4.98 Å². The van der Waals surface area contributed by atoms with Gasteiger partial charge in [-0.25, -0.2) is 4.98 Å². The molecule has 1 N–H and O–H groups in total. The van der Waals surface area contributed by atoms with E-state index in [1.807, 2.05) is 36.4 Å². The highest BCUT2D eigenvalue weighted by Gasteiger charge is 2.33. The van der Waals surface area contributed by atoms with Crippen molar-refractivity contribution in [2.75, 3.05) is 4.72 Å². The first-order valence-electron chi connectivity index (χ1n) is 9.78. The molecular formula is C24H17ClF3N3OS. The molecule has 0 aliphatic carbocycles. The predicted octanol–water partition coefficient (Wildman–Crippen LogP) is 7.51. The van der Waals surface area contributed by atoms with Crippen LogP contribution in [0.5, 0.6) is 5.75 Å². The smallest absolute Gasteiger partial charge is 0.417 e. The maximum atomic E-state index is 13.3. The summed E-state index contributed by atoms with van der Waals surface area (Å²) >= 11 is 6.81. The highest BCUT2D eigenvalue weighted by molar-refractivity contribution is 8.00. The fourth-order valence-corrected chi connectivity index (χ4v) is 3.98. The normalized spacial score (nSPS) is 11.3. The number of anilines is 1. The molecule has 168 valence electrons. The van der Waals surface area contributed by atoms with Crippen LogP contribution in [0.4, 0.5) is 19.0 Å². The summed E-state index contributed by atoms with van der Waals surface area (Å²) in [6.07, 6.45) is -1.43. The van der Waals surface area contributed by atoms with Gasteiger partial charge in [0.05, 0.1) is 5.56 Å². The van der Waals surface area contributed by atoms with E-state index in [9.17, 15) is 13.2 Å². The second-order valence-corrected chi connectivity index (χ2v) is 8.18. The van der Waals surface area contributed by atoms with E-state index in [-0.39, 0.29) is 4.90 Å². The van der Waals surface area contributed by atoms with Crippen molar-refractivity contribution in [3.63, 3.8) is 0 Å². The van der Waals surface area contributed by atoms with Crippen molar-refractivity contribution in [1.29, 1.82) is 0 Å². The molecule has 3 aromatic carbocycles. The molecule has 0 aliphatic rings. The second kappa shape index (κ2) is 10.1. The van der Waals surface area contributed by atoms with Crippen molar-refractivity contribution in [3.8, 4) is 17.0 Å². The van der Waals surface area contributed by atoms with E-state index in [4.69, 9.17) is 16.3 Å². The zero-order valence-corrected chi connectivity index (χ0v) is 18.6. The topological polar surface area (TPSA) is 47.0 Å². The molecule has 0 radical (unpaired) electrons. The lowest BCUT2D eigenvalue weighted by Crippen LogP contribution is -2.07. The Labute approximate surface area is 197 Å². The van der Waals surface area contributed by atoms with Crippen LogP contribution in [0.15, 0.2) is 90.1 Å². The van der Waals surface area contributed by atoms with Crippen LogP contribution in [-0.2, 0) is 12.8 Å². The SMILES string of the molecule is FC(F)(F)c1ccccc1SNc1nccnc1-c1ccc(COc2cccc(Cl)c2)cc1. The van der Waals surface area contributed by atoms with Crippen LogP contribution in [0.3, 0.4) is 0 Å². The van der Waals surface area contributed by atoms with Crippen LogP contribution >= 0.6 is 23.5 Å². The van der Waals surface area contributed by atoms with E-state index in [2.05, 4.69) is 14.7 Å². The van der Waals surface area contributed by atoms with Gasteiger partial charge in [0, 0.05) is 27.9 Å². The summed E-state index contributed by atoms with van der Waals surface area (Å²) in [5.41, 5.74) is 1.52. The fraction of sp³-hybridized carbons (Fsp3) is 0.0833. The van der Waals surface area contributed by atoms with Crippen LogP contribution in [0.1, 0.15) is 11.1 Å². The molecule has 1 heterocycles. The Morgan fingerprint density at radius 1 is 0.909 bits per heavy atom. The van der Waals surface area contributed by atoms with Crippen molar-refractivity contribution >= 4 is 29.4 Å². The number of benzene rings is 3. The number of rotatable bonds is 7. The van der Waals surface area contributed by atoms with Crippen molar-refractivity contribution in [2.45, 2.75) is 17.7 Å². The number of alkyl halides is 3. The van der Waals surface area contributed by atoms with E-state index in [1.165, 1.54) is 24.5 Å². The van der Waals surface area contributed by atoms with Gasteiger partial charge in [0.1, 0.15) is 18.1 Å². The van der Waals surface area contributed by atoms with Crippen LogP contribution in [0.25, 0.3) is 11.3 Å². The van der Waals surface area contributed by atoms with Crippen molar-refractivity contribution in [3.05, 3.63) is 101 Å². The van der Waals surface area contributed by atoms with Crippen LogP contribution < -0.4 is 9.46 Å². The third-order valence-corrected chi connectivity index (χ3v) is 5.68. The predicted molar refractivity (Wildman–Crippen MR) is 124 cm³/mol. The van der Waals surface area contributed by atoms with Gasteiger partial charge >= 0.3 is 6.18 Å². The molecule has 4 aromatic rings. The minimum absolute atomic E-state index is 0.0510. The monoisotopic (exact) mass is 487 g/mol. The summed E-state index contributed by atoms with van der Waals surface area (Å²) < 4.78 is 48.4. The van der Waals surface area contributed by atoms with Crippen LogP contribution in [0.2, 0.25) is 5.02 Å². The second-order valence-electron chi connectivity index (χ2n) is 6.89. The molecule has 0 atom stereocenters. The lowest BCUT2D eigenvalue weighted by molar-refractivity contribution is -0.139. The largest absolute Gasteiger partial charge is 0.489 e. The first-order chi connectivity index (χ1) is 15.9. The minimum atomic E-state index is -4.44. The van der Waals surface area contributed by atoms with Crippen molar-refractivity contribution in [2.24, 2.45) is 0 Å². The Hall–Kier alpha value is -3.23. The lowest BCUT2D eigenvalue weighted by atomic mass is 10.1. The third-order valence-electron chi connectivity index (χ3n) is 4.58. The van der Waals surface area contributed by atoms with Gasteiger partial charge in [-0.05, 0) is 47.8 Å². The van der Waals surface area contributed by atoms with Gasteiger partial charge in [-0.2, -0.15) is 13.2 Å². The van der Waals surface area contributed by atoms with Crippen molar-refractivity contribution < 1.29 is 17.9 Å². The number of hydrogen-bond acceptors (Lipinski definition) is 5. The highest BCUT2D eigenvalue weighted by Crippen LogP contribution is 2.37. The molecule has 0 spiro atoms. The number of nitrogens with zero attached hydrogens (tertiary/aromatic N) is 2. The number of hydrogen-bond donors (Lipinski definition) is 1. The molecule has 4 nitrogen and oxygen atoms in total. The molecule has 0 fully saturated rings. The van der Waals surface area contributed by atoms with E-state index in [0.29, 0.717) is 28.9 Å². The molecular weight excluding hydrogens is 471 g/mol. The summed E-state index contributed by atoms with van der Waals surface area (Å²) in [5, 5.41) is 0.598. The van der Waals surface area contributed by atoms with Gasteiger partial charge < -0.3 is 9.46 Å². The minimum Gasteiger partial charge on any atom is -0.489 e. The summed E-state index contributed by atoms with van der Waals surface area (Å²) in [5.74, 6) is 1.03. The zero-order valence-electron chi connectivity index (χ0n) is 17.0. The highest BCUT2D eigenvalue weighted by atomic mass is 35.5. The Kier molecular flexibility index (Phi) is 7.05. The van der Waals surface area contributed by atoms with E-state index >= 15 is 0 Å². The molecule has 0 unspecified atom stereocenters. The van der Waals surface area contributed by atoms with Gasteiger partial charge in [0.2, 0.25) is 0 Å². The lowest BCUT2D eigenvalue weighted by Gasteiger charge is -2.14. The molecule has 0 saturated heterocycles. The van der Waals surface area contributed by atoms with Gasteiger partial charge in [-0.1, -0.05) is 54.1 Å². The Bertz CT molecular complexity index is 1240. The molecule has 9 heteroatoms. The molecule has 1 aromatic heterocycles.